The van der Waals surface area contributed by atoms with Crippen LogP contribution in [0.2, 0.25) is 0 Å². The largest absolute Gasteiger partial charge is 0.362 e. The number of piperidine rings is 1. The van der Waals surface area contributed by atoms with Crippen LogP contribution in [0.3, 0.4) is 0 Å². The first-order valence-corrected chi connectivity index (χ1v) is 12.1. The number of hydrogen-bond donors (Lipinski definition) is 2. The van der Waals surface area contributed by atoms with Gasteiger partial charge in [-0.2, -0.15) is 0 Å². The van der Waals surface area contributed by atoms with Gasteiger partial charge in [0, 0.05) is 49.8 Å². The zero-order chi connectivity index (χ0) is 22.5. The Morgan fingerprint density at radius 3 is 2.62 bits per heavy atom. The highest BCUT2D eigenvalue weighted by atomic mass is 16.2. The van der Waals surface area contributed by atoms with Crippen LogP contribution < -0.4 is 10.6 Å². The number of rotatable bonds is 5. The molecule has 4 rings (SSSR count). The number of amides is 1. The van der Waals surface area contributed by atoms with Crippen molar-refractivity contribution in [3.8, 4) is 0 Å². The minimum absolute atomic E-state index is 0.0574. The summed E-state index contributed by atoms with van der Waals surface area (Å²) in [6.07, 6.45) is 13.3. The molecular weight excluding hydrogens is 400 g/mol. The van der Waals surface area contributed by atoms with Crippen molar-refractivity contribution in [2.45, 2.75) is 58.3 Å². The summed E-state index contributed by atoms with van der Waals surface area (Å²) < 4.78 is 0. The number of dihydropyridines is 1. The van der Waals surface area contributed by atoms with Crippen molar-refractivity contribution in [3.05, 3.63) is 47.9 Å². The molecular formula is C25H38N6O. The zero-order valence-corrected chi connectivity index (χ0v) is 19.8. The van der Waals surface area contributed by atoms with Gasteiger partial charge in [-0.1, -0.05) is 6.08 Å². The summed E-state index contributed by atoms with van der Waals surface area (Å²) in [5.41, 5.74) is 2.36. The molecule has 7 heteroatoms. The number of aryl methyl sites for hydroxylation is 1. The van der Waals surface area contributed by atoms with Crippen molar-refractivity contribution >= 4 is 11.6 Å². The molecule has 0 bridgehead atoms. The molecule has 0 aliphatic carbocycles. The predicted octanol–water partition coefficient (Wildman–Crippen LogP) is 2.58. The molecule has 7 nitrogen and oxygen atoms in total. The van der Waals surface area contributed by atoms with Gasteiger partial charge in [-0.3, -0.25) is 19.6 Å². The van der Waals surface area contributed by atoms with Crippen molar-refractivity contribution in [1.82, 2.24) is 25.0 Å². The lowest BCUT2D eigenvalue weighted by atomic mass is 10.0. The standard InChI is InChI=1S/C25H38N6O/c1-19(2)29-14-9-21(10-15-29)30-12-5-13-31(17-16-30)24-7-4-6-23(27-24)25(32)28-22-8-11-26-18-20(22)3/h4,6-8,11,18-19,21,24,27H,5,9-10,12-17H2,1-3H3,(H,26,28,32). The first-order valence-electron chi connectivity index (χ1n) is 12.1. The highest BCUT2D eigenvalue weighted by Crippen LogP contribution is 2.21. The fourth-order valence-corrected chi connectivity index (χ4v) is 5.04. The third-order valence-corrected chi connectivity index (χ3v) is 7.08. The van der Waals surface area contributed by atoms with Crippen LogP contribution in [-0.4, -0.2) is 83.1 Å². The lowest BCUT2D eigenvalue weighted by Gasteiger charge is -2.39. The second-order valence-corrected chi connectivity index (χ2v) is 9.49. The molecule has 3 aliphatic heterocycles. The van der Waals surface area contributed by atoms with Crippen LogP contribution in [0.15, 0.2) is 42.4 Å². The molecule has 0 spiro atoms. The quantitative estimate of drug-likeness (QED) is 0.737. The molecule has 1 aromatic rings. The van der Waals surface area contributed by atoms with E-state index in [9.17, 15) is 4.79 Å². The van der Waals surface area contributed by atoms with Crippen molar-refractivity contribution in [2.75, 3.05) is 44.6 Å². The highest BCUT2D eigenvalue weighted by molar-refractivity contribution is 6.04. The predicted molar refractivity (Wildman–Crippen MR) is 129 cm³/mol. The van der Waals surface area contributed by atoms with Crippen molar-refractivity contribution < 1.29 is 4.79 Å². The highest BCUT2D eigenvalue weighted by Gasteiger charge is 2.29. The number of aromatic nitrogens is 1. The number of pyridine rings is 1. The van der Waals surface area contributed by atoms with Crippen LogP contribution in [0.25, 0.3) is 0 Å². The van der Waals surface area contributed by atoms with Gasteiger partial charge >= 0.3 is 0 Å². The van der Waals surface area contributed by atoms with Gasteiger partial charge in [0.15, 0.2) is 0 Å². The van der Waals surface area contributed by atoms with E-state index in [0.717, 1.165) is 37.3 Å². The van der Waals surface area contributed by atoms with Crippen molar-refractivity contribution in [2.24, 2.45) is 0 Å². The average molecular weight is 439 g/mol. The summed E-state index contributed by atoms with van der Waals surface area (Å²) in [6.45, 7) is 13.3. The van der Waals surface area contributed by atoms with Crippen LogP contribution in [0.1, 0.15) is 38.7 Å². The monoisotopic (exact) mass is 438 g/mol. The minimum atomic E-state index is -0.109. The Hall–Kier alpha value is -2.22. The van der Waals surface area contributed by atoms with Gasteiger partial charge in [-0.05, 0) is 83.4 Å². The van der Waals surface area contributed by atoms with E-state index in [2.05, 4.69) is 50.2 Å². The maximum absolute atomic E-state index is 12.8. The Morgan fingerprint density at radius 1 is 1.12 bits per heavy atom. The molecule has 3 aliphatic rings. The Labute approximate surface area is 192 Å². The van der Waals surface area contributed by atoms with Crippen LogP contribution in [0.4, 0.5) is 5.69 Å². The first kappa shape index (κ1) is 23.0. The number of anilines is 1. The second-order valence-electron chi connectivity index (χ2n) is 9.49. The third kappa shape index (κ3) is 5.57. The molecule has 0 radical (unpaired) electrons. The SMILES string of the molecule is Cc1cnccc1NC(=O)C1=CC=CC(N2CCCN(C3CCN(C(C)C)CC3)CC2)N1. The molecule has 1 unspecified atom stereocenters. The Balaban J connectivity index is 1.29. The fraction of sp³-hybridized carbons (Fsp3) is 0.600. The third-order valence-electron chi connectivity index (χ3n) is 7.08. The summed E-state index contributed by atoms with van der Waals surface area (Å²) in [6, 6.07) is 3.20. The Bertz CT molecular complexity index is 843. The van der Waals surface area contributed by atoms with Crippen LogP contribution in [0, 0.1) is 6.92 Å². The molecule has 174 valence electrons. The van der Waals surface area contributed by atoms with E-state index in [4.69, 9.17) is 0 Å². The van der Waals surface area contributed by atoms with Gasteiger partial charge in [0.05, 0.1) is 6.17 Å². The van der Waals surface area contributed by atoms with Crippen LogP contribution in [0.5, 0.6) is 0 Å². The van der Waals surface area contributed by atoms with E-state index in [0.29, 0.717) is 17.8 Å². The zero-order valence-electron chi connectivity index (χ0n) is 19.8. The molecule has 2 saturated heterocycles. The summed E-state index contributed by atoms with van der Waals surface area (Å²) in [4.78, 5) is 24.7. The number of nitrogens with zero attached hydrogens (tertiary/aromatic N) is 4. The maximum atomic E-state index is 12.8. The summed E-state index contributed by atoms with van der Waals surface area (Å²) in [5.74, 6) is -0.109. The maximum Gasteiger partial charge on any atom is 0.271 e. The van der Waals surface area contributed by atoms with E-state index in [1.807, 2.05) is 25.1 Å². The molecule has 1 amide bonds. The number of likely N-dealkylation sites (tertiary alicyclic amines) is 1. The number of hydrogen-bond acceptors (Lipinski definition) is 6. The number of carbonyl (C=O) groups is 1. The topological polar surface area (TPSA) is 63.7 Å². The molecule has 0 aromatic carbocycles. The molecule has 32 heavy (non-hydrogen) atoms. The molecule has 2 fully saturated rings. The van der Waals surface area contributed by atoms with Crippen molar-refractivity contribution in [3.63, 3.8) is 0 Å². The van der Waals surface area contributed by atoms with E-state index in [-0.39, 0.29) is 12.1 Å². The smallest absolute Gasteiger partial charge is 0.271 e. The lowest BCUT2D eigenvalue weighted by molar-refractivity contribution is -0.113. The Kier molecular flexibility index (Phi) is 7.60. The summed E-state index contributed by atoms with van der Waals surface area (Å²) >= 11 is 0. The fourth-order valence-electron chi connectivity index (χ4n) is 5.04. The summed E-state index contributed by atoms with van der Waals surface area (Å²) in [7, 11) is 0. The van der Waals surface area contributed by atoms with Gasteiger partial charge < -0.3 is 15.5 Å². The molecule has 0 saturated carbocycles. The molecule has 1 atom stereocenters. The van der Waals surface area contributed by atoms with Gasteiger partial charge in [-0.25, -0.2) is 0 Å². The first-order chi connectivity index (χ1) is 15.5. The van der Waals surface area contributed by atoms with Gasteiger partial charge in [0.25, 0.3) is 5.91 Å². The van der Waals surface area contributed by atoms with Crippen LogP contribution >= 0.6 is 0 Å². The minimum Gasteiger partial charge on any atom is -0.362 e. The Morgan fingerprint density at radius 2 is 1.88 bits per heavy atom. The normalized spacial score (nSPS) is 24.1. The van der Waals surface area contributed by atoms with Crippen LogP contribution in [-0.2, 0) is 4.79 Å². The van der Waals surface area contributed by atoms with E-state index in [1.54, 1.807) is 12.4 Å². The van der Waals surface area contributed by atoms with E-state index < -0.39 is 0 Å². The summed E-state index contributed by atoms with van der Waals surface area (Å²) in [5, 5.41) is 6.45. The van der Waals surface area contributed by atoms with E-state index in [1.165, 1.54) is 32.5 Å². The number of allylic oxidation sites excluding steroid dienone is 2. The van der Waals surface area contributed by atoms with E-state index >= 15 is 0 Å². The molecule has 2 N–H and O–H groups in total. The lowest BCUT2D eigenvalue weighted by Crippen LogP contribution is -2.50. The molecule has 1 aromatic heterocycles. The second kappa shape index (κ2) is 10.6. The van der Waals surface area contributed by atoms with Crippen molar-refractivity contribution in [1.29, 1.82) is 0 Å². The number of nitrogens with one attached hydrogen (secondary N) is 2. The van der Waals surface area contributed by atoms with Gasteiger partial charge in [0.2, 0.25) is 0 Å². The van der Waals surface area contributed by atoms with Gasteiger partial charge in [0.1, 0.15) is 5.70 Å². The van der Waals surface area contributed by atoms with Gasteiger partial charge in [-0.15, -0.1) is 0 Å². The average Bonchev–Trinajstić information content (AvgIpc) is 3.07. The molecule has 4 heterocycles. The number of carbonyl (C=O) groups excluding carboxylic acids is 1.